The molecule has 2 aromatic carbocycles. The fraction of sp³-hybridized carbons (Fsp3) is 0.500. The maximum absolute atomic E-state index is 10.2. The number of aliphatic hydroxyl groups is 8. The van der Waals surface area contributed by atoms with Crippen molar-refractivity contribution in [3.63, 3.8) is 0 Å². The first-order chi connectivity index (χ1) is 17.2. The molecule has 4 rings (SSSR count). The van der Waals surface area contributed by atoms with Crippen molar-refractivity contribution in [2.45, 2.75) is 61.3 Å². The normalized spacial score (nSPS) is 36.9. The van der Waals surface area contributed by atoms with Gasteiger partial charge in [-0.25, -0.2) is 0 Å². The summed E-state index contributed by atoms with van der Waals surface area (Å²) in [4.78, 5) is 0. The molecule has 2 aliphatic rings. The molecular formula is C24H32N2O10. The number of hydrogen-bond acceptors (Lipinski definition) is 12. The van der Waals surface area contributed by atoms with Crippen LogP contribution in [0.2, 0.25) is 0 Å². The molecule has 0 radical (unpaired) electrons. The largest absolute Gasteiger partial charge is 0.394 e. The lowest BCUT2D eigenvalue weighted by molar-refractivity contribution is -0.221. The van der Waals surface area contributed by atoms with E-state index in [9.17, 15) is 40.9 Å². The second kappa shape index (κ2) is 11.4. The van der Waals surface area contributed by atoms with Gasteiger partial charge in [-0.3, -0.25) is 0 Å². The van der Waals surface area contributed by atoms with Crippen molar-refractivity contribution >= 4 is 11.4 Å². The van der Waals surface area contributed by atoms with Crippen molar-refractivity contribution < 1.29 is 50.3 Å². The Bertz CT molecular complexity index is 894. The lowest BCUT2D eigenvalue weighted by Crippen LogP contribution is -2.60. The van der Waals surface area contributed by atoms with Gasteiger partial charge < -0.3 is 61.0 Å². The van der Waals surface area contributed by atoms with Crippen LogP contribution in [0.5, 0.6) is 0 Å². The van der Waals surface area contributed by atoms with Gasteiger partial charge in [-0.15, -0.1) is 0 Å². The third kappa shape index (κ3) is 5.48. The Balaban J connectivity index is 1.38. The van der Waals surface area contributed by atoms with E-state index in [-0.39, 0.29) is 0 Å². The second-order valence-corrected chi connectivity index (χ2v) is 8.94. The topological polar surface area (TPSA) is 204 Å². The minimum absolute atomic E-state index is 0.511. The monoisotopic (exact) mass is 508 g/mol. The molecule has 0 aliphatic carbocycles. The lowest BCUT2D eigenvalue weighted by atomic mass is 9.98. The Hall–Kier alpha value is -2.36. The van der Waals surface area contributed by atoms with E-state index in [1.807, 2.05) is 24.3 Å². The summed E-state index contributed by atoms with van der Waals surface area (Å²) in [5, 5.41) is 84.6. The average molecular weight is 509 g/mol. The van der Waals surface area contributed by atoms with Crippen LogP contribution in [0.15, 0.2) is 48.5 Å². The van der Waals surface area contributed by atoms with E-state index >= 15 is 0 Å². The molecule has 36 heavy (non-hydrogen) atoms. The molecule has 0 spiro atoms. The van der Waals surface area contributed by atoms with Crippen LogP contribution in [0, 0.1) is 0 Å². The zero-order chi connectivity index (χ0) is 26.0. The van der Waals surface area contributed by atoms with E-state index in [1.54, 1.807) is 24.3 Å². The molecule has 0 unspecified atom stereocenters. The highest BCUT2D eigenvalue weighted by Gasteiger charge is 2.44. The molecule has 0 bridgehead atoms. The average Bonchev–Trinajstić information content (AvgIpc) is 2.90. The van der Waals surface area contributed by atoms with Crippen LogP contribution in [0.3, 0.4) is 0 Å². The van der Waals surface area contributed by atoms with Crippen LogP contribution in [0.25, 0.3) is 11.1 Å². The minimum Gasteiger partial charge on any atom is -0.394 e. The highest BCUT2D eigenvalue weighted by atomic mass is 16.6. The first-order valence-electron chi connectivity index (χ1n) is 11.6. The van der Waals surface area contributed by atoms with E-state index in [0.717, 1.165) is 11.1 Å². The SMILES string of the molecule is OC[C@@H]1O[C@H](Nc2ccc(-c3ccc(N[C@@H]4O[C@H](CO)[C@H](O)[C@H](O)[C@@H]4O)cc3)cc2)[C@H](O)[C@H](O)[C@H]1O. The van der Waals surface area contributed by atoms with Crippen LogP contribution >= 0.6 is 0 Å². The number of anilines is 2. The Morgan fingerprint density at radius 2 is 0.833 bits per heavy atom. The summed E-state index contributed by atoms with van der Waals surface area (Å²) in [5.41, 5.74) is 2.91. The van der Waals surface area contributed by atoms with Crippen molar-refractivity contribution in [3.8, 4) is 11.1 Å². The highest BCUT2D eigenvalue weighted by Crippen LogP contribution is 2.28. The van der Waals surface area contributed by atoms with Crippen molar-refractivity contribution in [2.24, 2.45) is 0 Å². The van der Waals surface area contributed by atoms with Crippen LogP contribution in [-0.4, -0.2) is 115 Å². The Morgan fingerprint density at radius 3 is 1.14 bits per heavy atom. The van der Waals surface area contributed by atoms with Gasteiger partial charge in [-0.05, 0) is 35.4 Å². The van der Waals surface area contributed by atoms with Gasteiger partial charge in [0.2, 0.25) is 0 Å². The molecule has 12 heteroatoms. The summed E-state index contributed by atoms with van der Waals surface area (Å²) >= 11 is 0. The number of benzene rings is 2. The number of ether oxygens (including phenoxy) is 2. The van der Waals surface area contributed by atoms with Gasteiger partial charge in [0.1, 0.15) is 48.8 Å². The number of aliphatic hydroxyl groups excluding tert-OH is 8. The smallest absolute Gasteiger partial charge is 0.157 e. The van der Waals surface area contributed by atoms with Gasteiger partial charge in [0.05, 0.1) is 13.2 Å². The van der Waals surface area contributed by atoms with Crippen molar-refractivity contribution in [1.82, 2.24) is 0 Å². The zero-order valence-corrected chi connectivity index (χ0v) is 19.2. The molecule has 10 atom stereocenters. The Kier molecular flexibility index (Phi) is 8.42. The van der Waals surface area contributed by atoms with E-state index in [0.29, 0.717) is 11.4 Å². The summed E-state index contributed by atoms with van der Waals surface area (Å²) in [6.45, 7) is -1.02. The molecule has 2 aliphatic heterocycles. The van der Waals surface area contributed by atoms with Crippen molar-refractivity contribution in [1.29, 1.82) is 0 Å². The fourth-order valence-corrected chi connectivity index (χ4v) is 4.29. The molecule has 12 nitrogen and oxygen atoms in total. The van der Waals surface area contributed by atoms with E-state index < -0.39 is 74.5 Å². The lowest BCUT2D eigenvalue weighted by Gasteiger charge is -2.40. The third-order valence-electron chi connectivity index (χ3n) is 6.51. The first kappa shape index (κ1) is 26.7. The van der Waals surface area contributed by atoms with E-state index in [1.165, 1.54) is 0 Å². The second-order valence-electron chi connectivity index (χ2n) is 8.94. The summed E-state index contributed by atoms with van der Waals surface area (Å²) in [7, 11) is 0. The minimum atomic E-state index is -1.47. The standard InChI is InChI=1S/C24H32N2O10/c27-9-15-17(29)19(31)21(33)23(35-15)25-13-5-1-11(2-6-13)12-3-7-14(8-4-12)26-24-22(34)20(32)18(30)16(10-28)36-24/h1-8,15-34H,9-10H2/t15-,16+,17-,18-,19+,20-,21+,22-,23-,24+/m0/s1. The van der Waals surface area contributed by atoms with E-state index in [4.69, 9.17) is 9.47 Å². The molecule has 198 valence electrons. The Labute approximate surface area is 207 Å². The maximum Gasteiger partial charge on any atom is 0.157 e. The predicted octanol–water partition coefficient (Wildman–Crippen LogP) is -2.22. The van der Waals surface area contributed by atoms with Crippen molar-refractivity contribution in [2.75, 3.05) is 23.8 Å². The molecule has 0 amide bonds. The summed E-state index contributed by atoms with van der Waals surface area (Å²) in [5.74, 6) is 0. The van der Waals surface area contributed by atoms with Gasteiger partial charge >= 0.3 is 0 Å². The molecule has 2 saturated heterocycles. The molecule has 0 saturated carbocycles. The third-order valence-corrected chi connectivity index (χ3v) is 6.51. The zero-order valence-electron chi connectivity index (χ0n) is 19.2. The number of nitrogens with one attached hydrogen (secondary N) is 2. The van der Waals surface area contributed by atoms with Crippen LogP contribution in [-0.2, 0) is 9.47 Å². The van der Waals surface area contributed by atoms with Gasteiger partial charge in [0.15, 0.2) is 12.5 Å². The molecule has 0 aromatic heterocycles. The van der Waals surface area contributed by atoms with Gasteiger partial charge in [0.25, 0.3) is 0 Å². The number of rotatable bonds is 7. The molecule has 2 fully saturated rings. The van der Waals surface area contributed by atoms with Gasteiger partial charge in [-0.2, -0.15) is 0 Å². The maximum atomic E-state index is 10.2. The summed E-state index contributed by atoms with van der Waals surface area (Å²) < 4.78 is 10.9. The summed E-state index contributed by atoms with van der Waals surface area (Å²) in [6, 6.07) is 14.3. The summed E-state index contributed by atoms with van der Waals surface area (Å²) in [6.07, 6.45) is -12.7. The van der Waals surface area contributed by atoms with Gasteiger partial charge in [0, 0.05) is 11.4 Å². The fourth-order valence-electron chi connectivity index (χ4n) is 4.29. The predicted molar refractivity (Wildman–Crippen MR) is 127 cm³/mol. The van der Waals surface area contributed by atoms with Crippen LogP contribution < -0.4 is 10.6 Å². The molecule has 10 N–H and O–H groups in total. The first-order valence-corrected chi connectivity index (χ1v) is 11.6. The van der Waals surface area contributed by atoms with Gasteiger partial charge in [-0.1, -0.05) is 24.3 Å². The molecule has 2 heterocycles. The molecule has 2 aromatic rings. The highest BCUT2D eigenvalue weighted by molar-refractivity contribution is 5.68. The number of hydrogen-bond donors (Lipinski definition) is 10. The quantitative estimate of drug-likeness (QED) is 0.193. The van der Waals surface area contributed by atoms with E-state index in [2.05, 4.69) is 10.6 Å². The Morgan fingerprint density at radius 1 is 0.500 bits per heavy atom. The van der Waals surface area contributed by atoms with Crippen LogP contribution in [0.4, 0.5) is 11.4 Å². The van der Waals surface area contributed by atoms with Crippen molar-refractivity contribution in [3.05, 3.63) is 48.5 Å². The molecular weight excluding hydrogens is 476 g/mol. The van der Waals surface area contributed by atoms with Crippen LogP contribution in [0.1, 0.15) is 0 Å².